The summed E-state index contributed by atoms with van der Waals surface area (Å²) in [6, 6.07) is 0. The lowest BCUT2D eigenvalue weighted by Gasteiger charge is -2.10. The second-order valence-electron chi connectivity index (χ2n) is 4.66. The van der Waals surface area contributed by atoms with E-state index in [2.05, 4.69) is 15.5 Å². The molecule has 0 saturated carbocycles. The van der Waals surface area contributed by atoms with E-state index in [0.717, 1.165) is 15.9 Å². The van der Waals surface area contributed by atoms with E-state index in [1.54, 1.807) is 11.7 Å². The summed E-state index contributed by atoms with van der Waals surface area (Å²) in [4.78, 5) is 0. The van der Waals surface area contributed by atoms with Gasteiger partial charge >= 0.3 is 6.18 Å². The summed E-state index contributed by atoms with van der Waals surface area (Å²) >= 11 is 0. The first kappa shape index (κ1) is 14.6. The molecule has 20 heavy (non-hydrogen) atoms. The molecule has 2 aromatic rings. The molecule has 0 aliphatic carbocycles. The maximum atomic E-state index is 12.9. The number of aromatic nitrogens is 4. The van der Waals surface area contributed by atoms with E-state index in [9.17, 15) is 13.2 Å². The molecule has 0 saturated heterocycles. The summed E-state index contributed by atoms with van der Waals surface area (Å²) in [6.07, 6.45) is -1.31. The van der Waals surface area contributed by atoms with Crippen molar-refractivity contribution in [2.24, 2.45) is 14.1 Å². The van der Waals surface area contributed by atoms with Crippen molar-refractivity contribution in [3.63, 3.8) is 0 Å². The fraction of sp³-hybridized carbons (Fsp3) is 0.500. The second-order valence-corrected chi connectivity index (χ2v) is 4.66. The van der Waals surface area contributed by atoms with Gasteiger partial charge in [0.1, 0.15) is 5.69 Å². The third-order valence-corrected chi connectivity index (χ3v) is 3.03. The first-order chi connectivity index (χ1) is 9.29. The average molecular weight is 287 g/mol. The van der Waals surface area contributed by atoms with E-state index in [1.807, 2.05) is 13.1 Å². The van der Waals surface area contributed by atoms with Crippen LogP contribution in [0, 0.1) is 6.92 Å². The highest BCUT2D eigenvalue weighted by molar-refractivity contribution is 5.21. The maximum Gasteiger partial charge on any atom is 0.433 e. The summed E-state index contributed by atoms with van der Waals surface area (Å²) in [5, 5.41) is 10.8. The molecule has 2 heterocycles. The predicted molar refractivity (Wildman–Crippen MR) is 66.7 cm³/mol. The lowest BCUT2D eigenvalue weighted by molar-refractivity contribution is -0.144. The molecule has 5 nitrogen and oxygen atoms in total. The third kappa shape index (κ3) is 3.01. The second kappa shape index (κ2) is 5.28. The summed E-state index contributed by atoms with van der Waals surface area (Å²) < 4.78 is 41.1. The van der Waals surface area contributed by atoms with Crippen LogP contribution in [0.5, 0.6) is 0 Å². The van der Waals surface area contributed by atoms with Gasteiger partial charge in [0.05, 0.1) is 11.9 Å². The zero-order valence-corrected chi connectivity index (χ0v) is 11.5. The monoisotopic (exact) mass is 287 g/mol. The average Bonchev–Trinajstić information content (AvgIpc) is 2.82. The van der Waals surface area contributed by atoms with Gasteiger partial charge in [-0.1, -0.05) is 0 Å². The Bertz CT molecular complexity index is 597. The molecule has 0 atom stereocenters. The minimum Gasteiger partial charge on any atom is -0.308 e. The number of rotatable bonds is 4. The molecule has 0 spiro atoms. The Hall–Kier alpha value is -1.83. The number of hydrogen-bond acceptors (Lipinski definition) is 3. The molecule has 0 bridgehead atoms. The Labute approximate surface area is 114 Å². The van der Waals surface area contributed by atoms with Crippen LogP contribution in [0.4, 0.5) is 13.2 Å². The Morgan fingerprint density at radius 1 is 1.20 bits per heavy atom. The van der Waals surface area contributed by atoms with Crippen molar-refractivity contribution in [2.45, 2.75) is 26.2 Å². The van der Waals surface area contributed by atoms with Crippen LogP contribution in [0.15, 0.2) is 12.4 Å². The summed E-state index contributed by atoms with van der Waals surface area (Å²) in [6.45, 7) is 2.44. The van der Waals surface area contributed by atoms with Crippen LogP contribution in [0.25, 0.3) is 0 Å². The molecule has 0 aliphatic heterocycles. The van der Waals surface area contributed by atoms with Gasteiger partial charge in [0.2, 0.25) is 0 Å². The van der Waals surface area contributed by atoms with Gasteiger partial charge < -0.3 is 5.32 Å². The third-order valence-electron chi connectivity index (χ3n) is 3.03. The Kier molecular flexibility index (Phi) is 3.85. The van der Waals surface area contributed by atoms with Gasteiger partial charge in [0.25, 0.3) is 0 Å². The van der Waals surface area contributed by atoms with E-state index >= 15 is 0 Å². The van der Waals surface area contributed by atoms with E-state index in [1.165, 1.54) is 13.2 Å². The van der Waals surface area contributed by atoms with Crippen molar-refractivity contribution in [3.05, 3.63) is 34.9 Å². The van der Waals surface area contributed by atoms with Gasteiger partial charge in [0.15, 0.2) is 0 Å². The predicted octanol–water partition coefficient (Wildman–Crippen LogP) is 1.77. The van der Waals surface area contributed by atoms with Gasteiger partial charge in [-0.2, -0.15) is 23.4 Å². The van der Waals surface area contributed by atoms with Crippen molar-refractivity contribution < 1.29 is 13.2 Å². The van der Waals surface area contributed by atoms with Crippen molar-refractivity contribution in [1.29, 1.82) is 0 Å². The van der Waals surface area contributed by atoms with Gasteiger partial charge in [-0.25, -0.2) is 0 Å². The molecule has 1 N–H and O–H groups in total. The summed E-state index contributed by atoms with van der Waals surface area (Å²) in [5.41, 5.74) is 1.25. The standard InChI is InChI=1S/C12H16F3N5/c1-8-10(7-19(2)18-8)5-16-4-9-6-17-20(3)11(9)12(13,14)15/h6-7,16H,4-5H2,1-3H3. The topological polar surface area (TPSA) is 47.7 Å². The maximum absolute atomic E-state index is 12.9. The molecule has 0 fully saturated rings. The number of nitrogens with one attached hydrogen (secondary N) is 1. The zero-order valence-electron chi connectivity index (χ0n) is 11.5. The van der Waals surface area contributed by atoms with Crippen LogP contribution >= 0.6 is 0 Å². The highest BCUT2D eigenvalue weighted by Crippen LogP contribution is 2.31. The molecular formula is C12H16F3N5. The first-order valence-corrected chi connectivity index (χ1v) is 6.07. The molecule has 0 amide bonds. The van der Waals surface area contributed by atoms with Gasteiger partial charge in [-0.15, -0.1) is 0 Å². The van der Waals surface area contributed by atoms with Crippen molar-refractivity contribution >= 4 is 0 Å². The summed E-state index contributed by atoms with van der Waals surface area (Å²) in [5.74, 6) is 0. The number of nitrogens with zero attached hydrogens (tertiary/aromatic N) is 4. The van der Waals surface area contributed by atoms with E-state index in [4.69, 9.17) is 0 Å². The van der Waals surface area contributed by atoms with Gasteiger partial charge in [-0.05, 0) is 6.92 Å². The Morgan fingerprint density at radius 3 is 2.40 bits per heavy atom. The fourth-order valence-corrected chi connectivity index (χ4v) is 2.13. The van der Waals surface area contributed by atoms with Crippen LogP contribution in [-0.4, -0.2) is 19.6 Å². The zero-order chi connectivity index (χ0) is 14.9. The molecule has 0 unspecified atom stereocenters. The van der Waals surface area contributed by atoms with Crippen LogP contribution in [-0.2, 0) is 33.4 Å². The minimum atomic E-state index is -4.40. The van der Waals surface area contributed by atoms with Crippen LogP contribution in [0.1, 0.15) is 22.5 Å². The van der Waals surface area contributed by atoms with Crippen LogP contribution in [0.2, 0.25) is 0 Å². The smallest absolute Gasteiger partial charge is 0.308 e. The molecule has 0 aromatic carbocycles. The van der Waals surface area contributed by atoms with Crippen LogP contribution in [0.3, 0.4) is 0 Å². The highest BCUT2D eigenvalue weighted by atomic mass is 19.4. The van der Waals surface area contributed by atoms with Crippen molar-refractivity contribution in [3.8, 4) is 0 Å². The Balaban J connectivity index is 2.03. The molecule has 110 valence electrons. The summed E-state index contributed by atoms with van der Waals surface area (Å²) in [7, 11) is 3.09. The van der Waals surface area contributed by atoms with E-state index < -0.39 is 11.9 Å². The minimum absolute atomic E-state index is 0.108. The van der Waals surface area contributed by atoms with Crippen LogP contribution < -0.4 is 5.32 Å². The lowest BCUT2D eigenvalue weighted by Crippen LogP contribution is -2.19. The quantitative estimate of drug-likeness (QED) is 0.932. The molecule has 8 heteroatoms. The first-order valence-electron chi connectivity index (χ1n) is 6.07. The molecule has 2 aromatic heterocycles. The Morgan fingerprint density at radius 2 is 1.85 bits per heavy atom. The van der Waals surface area contributed by atoms with Crippen molar-refractivity contribution in [2.75, 3.05) is 0 Å². The molecule has 0 radical (unpaired) electrons. The van der Waals surface area contributed by atoms with E-state index in [0.29, 0.717) is 6.54 Å². The fourth-order valence-electron chi connectivity index (χ4n) is 2.13. The number of hydrogen-bond donors (Lipinski definition) is 1. The molecular weight excluding hydrogens is 271 g/mol. The lowest BCUT2D eigenvalue weighted by atomic mass is 10.2. The normalized spacial score (nSPS) is 12.1. The van der Waals surface area contributed by atoms with Gasteiger partial charge in [-0.3, -0.25) is 9.36 Å². The van der Waals surface area contributed by atoms with Gasteiger partial charge in [0, 0.05) is 44.5 Å². The molecule has 2 rings (SSSR count). The largest absolute Gasteiger partial charge is 0.433 e. The number of halogens is 3. The van der Waals surface area contributed by atoms with E-state index in [-0.39, 0.29) is 12.1 Å². The highest BCUT2D eigenvalue weighted by Gasteiger charge is 2.37. The SMILES string of the molecule is Cc1nn(C)cc1CNCc1cnn(C)c1C(F)(F)F. The number of aryl methyl sites for hydroxylation is 3. The molecule has 0 aliphatic rings. The number of alkyl halides is 3. The van der Waals surface area contributed by atoms with Crippen molar-refractivity contribution in [1.82, 2.24) is 24.9 Å².